The van der Waals surface area contributed by atoms with Gasteiger partial charge in [-0.2, -0.15) is 0 Å². The quantitative estimate of drug-likeness (QED) is 0.907. The van der Waals surface area contributed by atoms with Crippen LogP contribution in [0.4, 0.5) is 0 Å². The van der Waals surface area contributed by atoms with Crippen LogP contribution >= 0.6 is 15.9 Å². The fourth-order valence-corrected chi connectivity index (χ4v) is 2.17. The normalized spacial score (nSPS) is 15.5. The number of hydrogen-bond acceptors (Lipinski definition) is 1. The van der Waals surface area contributed by atoms with E-state index < -0.39 is 0 Å². The molecular formula is C12H17BrN2O. The third-order valence-electron chi connectivity index (χ3n) is 2.69. The number of aromatic nitrogens is 1. The van der Waals surface area contributed by atoms with E-state index in [0.717, 1.165) is 23.9 Å². The van der Waals surface area contributed by atoms with Crippen LogP contribution in [0.1, 0.15) is 37.2 Å². The van der Waals surface area contributed by atoms with Crippen LogP contribution in [0.25, 0.3) is 0 Å². The summed E-state index contributed by atoms with van der Waals surface area (Å²) in [4.78, 5) is 17.3. The van der Waals surface area contributed by atoms with Gasteiger partial charge in [0.05, 0.1) is 0 Å². The average Bonchev–Trinajstić information content (AvgIpc) is 2.96. The van der Waals surface area contributed by atoms with Crippen molar-refractivity contribution in [2.75, 3.05) is 6.54 Å². The van der Waals surface area contributed by atoms with E-state index in [4.69, 9.17) is 0 Å². The van der Waals surface area contributed by atoms with Gasteiger partial charge in [-0.05, 0) is 40.8 Å². The number of aromatic amines is 1. The second-order valence-electron chi connectivity index (χ2n) is 4.81. The number of halogens is 1. The van der Waals surface area contributed by atoms with E-state index in [0.29, 0.717) is 17.7 Å². The molecule has 1 saturated carbocycles. The number of rotatable bonds is 4. The minimum atomic E-state index is 0.127. The van der Waals surface area contributed by atoms with Gasteiger partial charge in [-0.3, -0.25) is 4.79 Å². The van der Waals surface area contributed by atoms with Crippen LogP contribution in [0.2, 0.25) is 0 Å². The maximum atomic E-state index is 12.2. The molecule has 0 bridgehead atoms. The highest BCUT2D eigenvalue weighted by Gasteiger charge is 2.33. The summed E-state index contributed by atoms with van der Waals surface area (Å²) in [5, 5.41) is 0. The van der Waals surface area contributed by atoms with E-state index in [-0.39, 0.29) is 5.91 Å². The number of nitrogens with zero attached hydrogens (tertiary/aromatic N) is 1. The molecule has 3 nitrogen and oxygen atoms in total. The maximum absolute atomic E-state index is 12.2. The molecule has 4 heteroatoms. The van der Waals surface area contributed by atoms with Crippen molar-refractivity contribution in [3.05, 3.63) is 22.4 Å². The van der Waals surface area contributed by atoms with Crippen LogP contribution in [0, 0.1) is 5.92 Å². The standard InChI is InChI=1S/C12H17BrN2O/c1-8(2)7-15(10-3-4-10)12(16)11-5-9(13)6-14-11/h5-6,8,10,14H,3-4,7H2,1-2H3. The Labute approximate surface area is 104 Å². The van der Waals surface area contributed by atoms with Crippen LogP contribution in [0.5, 0.6) is 0 Å². The zero-order chi connectivity index (χ0) is 11.7. The van der Waals surface area contributed by atoms with Gasteiger partial charge < -0.3 is 9.88 Å². The number of hydrogen-bond donors (Lipinski definition) is 1. The van der Waals surface area contributed by atoms with Gasteiger partial charge in [0.1, 0.15) is 5.69 Å². The van der Waals surface area contributed by atoms with Crippen molar-refractivity contribution in [1.29, 1.82) is 0 Å². The second-order valence-corrected chi connectivity index (χ2v) is 5.73. The first-order valence-electron chi connectivity index (χ1n) is 5.73. The highest BCUT2D eigenvalue weighted by molar-refractivity contribution is 9.10. The summed E-state index contributed by atoms with van der Waals surface area (Å²) in [6.07, 6.45) is 4.11. The van der Waals surface area contributed by atoms with Crippen molar-refractivity contribution in [3.8, 4) is 0 Å². The molecule has 1 aromatic rings. The van der Waals surface area contributed by atoms with Crippen LogP contribution in [0.3, 0.4) is 0 Å². The fourth-order valence-electron chi connectivity index (χ4n) is 1.82. The largest absolute Gasteiger partial charge is 0.356 e. The van der Waals surface area contributed by atoms with Gasteiger partial charge in [0.2, 0.25) is 0 Å². The number of nitrogens with one attached hydrogen (secondary N) is 1. The van der Waals surface area contributed by atoms with Crippen molar-refractivity contribution < 1.29 is 4.79 Å². The van der Waals surface area contributed by atoms with Crippen LogP contribution in [-0.4, -0.2) is 28.4 Å². The van der Waals surface area contributed by atoms with Crippen molar-refractivity contribution in [2.45, 2.75) is 32.7 Å². The topological polar surface area (TPSA) is 36.1 Å². The Morgan fingerprint density at radius 2 is 2.31 bits per heavy atom. The van der Waals surface area contributed by atoms with Crippen molar-refractivity contribution >= 4 is 21.8 Å². The highest BCUT2D eigenvalue weighted by Crippen LogP contribution is 2.29. The van der Waals surface area contributed by atoms with E-state index in [1.807, 2.05) is 11.0 Å². The Morgan fingerprint density at radius 3 is 2.75 bits per heavy atom. The molecule has 1 aliphatic carbocycles. The van der Waals surface area contributed by atoms with Crippen LogP contribution < -0.4 is 0 Å². The van der Waals surface area contributed by atoms with Gasteiger partial charge in [-0.15, -0.1) is 0 Å². The summed E-state index contributed by atoms with van der Waals surface area (Å²) in [6, 6.07) is 2.31. The Kier molecular flexibility index (Phi) is 3.38. The lowest BCUT2D eigenvalue weighted by Crippen LogP contribution is -2.36. The smallest absolute Gasteiger partial charge is 0.270 e. The number of carbonyl (C=O) groups excluding carboxylic acids is 1. The van der Waals surface area contributed by atoms with E-state index in [9.17, 15) is 4.79 Å². The molecule has 1 aliphatic rings. The Bertz CT molecular complexity index is 382. The monoisotopic (exact) mass is 284 g/mol. The molecule has 88 valence electrons. The molecule has 0 saturated heterocycles. The minimum Gasteiger partial charge on any atom is -0.356 e. The molecule has 1 fully saturated rings. The summed E-state index contributed by atoms with van der Waals surface area (Å²) in [7, 11) is 0. The van der Waals surface area contributed by atoms with E-state index in [2.05, 4.69) is 34.8 Å². The van der Waals surface area contributed by atoms with Gasteiger partial charge in [0.15, 0.2) is 0 Å². The lowest BCUT2D eigenvalue weighted by atomic mass is 10.2. The molecule has 0 unspecified atom stereocenters. The van der Waals surface area contributed by atoms with E-state index in [1.54, 1.807) is 6.20 Å². The van der Waals surface area contributed by atoms with Gasteiger partial charge in [-0.1, -0.05) is 13.8 Å². The van der Waals surface area contributed by atoms with Gasteiger partial charge in [-0.25, -0.2) is 0 Å². The maximum Gasteiger partial charge on any atom is 0.270 e. The van der Waals surface area contributed by atoms with Crippen molar-refractivity contribution in [1.82, 2.24) is 9.88 Å². The molecule has 1 heterocycles. The molecule has 0 aliphatic heterocycles. The van der Waals surface area contributed by atoms with Crippen molar-refractivity contribution in [3.63, 3.8) is 0 Å². The summed E-state index contributed by atoms with van der Waals surface area (Å²) < 4.78 is 0.927. The summed E-state index contributed by atoms with van der Waals surface area (Å²) >= 11 is 3.35. The minimum absolute atomic E-state index is 0.127. The fraction of sp³-hybridized carbons (Fsp3) is 0.583. The number of H-pyrrole nitrogens is 1. The first-order valence-corrected chi connectivity index (χ1v) is 6.52. The molecule has 1 aromatic heterocycles. The zero-order valence-corrected chi connectivity index (χ0v) is 11.3. The predicted molar refractivity (Wildman–Crippen MR) is 67.4 cm³/mol. The molecule has 16 heavy (non-hydrogen) atoms. The zero-order valence-electron chi connectivity index (χ0n) is 9.66. The highest BCUT2D eigenvalue weighted by atomic mass is 79.9. The molecule has 2 rings (SSSR count). The summed E-state index contributed by atoms with van der Waals surface area (Å²) in [6.45, 7) is 5.14. The Morgan fingerprint density at radius 1 is 1.62 bits per heavy atom. The summed E-state index contributed by atoms with van der Waals surface area (Å²) in [5.74, 6) is 0.643. The first kappa shape index (κ1) is 11.7. The van der Waals surface area contributed by atoms with Gasteiger partial charge in [0, 0.05) is 23.3 Å². The molecular weight excluding hydrogens is 268 g/mol. The number of carbonyl (C=O) groups is 1. The first-order chi connectivity index (χ1) is 7.58. The average molecular weight is 285 g/mol. The van der Waals surface area contributed by atoms with Gasteiger partial charge in [0.25, 0.3) is 5.91 Å². The lowest BCUT2D eigenvalue weighted by molar-refractivity contribution is 0.0717. The third kappa shape index (κ3) is 2.67. The Hall–Kier alpha value is -0.770. The van der Waals surface area contributed by atoms with Crippen LogP contribution in [-0.2, 0) is 0 Å². The predicted octanol–water partition coefficient (Wildman–Crippen LogP) is 3.04. The molecule has 0 radical (unpaired) electrons. The lowest BCUT2D eigenvalue weighted by Gasteiger charge is -2.23. The summed E-state index contributed by atoms with van der Waals surface area (Å²) in [5.41, 5.74) is 0.680. The Balaban J connectivity index is 2.10. The van der Waals surface area contributed by atoms with Gasteiger partial charge >= 0.3 is 0 Å². The molecule has 0 spiro atoms. The number of amides is 1. The van der Waals surface area contributed by atoms with Crippen molar-refractivity contribution in [2.24, 2.45) is 5.92 Å². The molecule has 1 N–H and O–H groups in total. The third-order valence-corrected chi connectivity index (χ3v) is 3.15. The van der Waals surface area contributed by atoms with E-state index in [1.165, 1.54) is 0 Å². The molecule has 0 aromatic carbocycles. The second kappa shape index (κ2) is 4.62. The SMILES string of the molecule is CC(C)CN(C(=O)c1cc(Br)c[nH]1)C1CC1. The van der Waals surface area contributed by atoms with Crippen LogP contribution in [0.15, 0.2) is 16.7 Å². The van der Waals surface area contributed by atoms with E-state index >= 15 is 0 Å². The molecule has 0 atom stereocenters. The molecule has 1 amide bonds.